The van der Waals surface area contributed by atoms with Crippen LogP contribution in [0.25, 0.3) is 0 Å². The molecule has 0 aliphatic carbocycles. The van der Waals surface area contributed by atoms with Crippen LogP contribution in [0.15, 0.2) is 28.7 Å². The van der Waals surface area contributed by atoms with Gasteiger partial charge in [0.15, 0.2) is 0 Å². The fourth-order valence-electron chi connectivity index (χ4n) is 1.50. The number of benzene rings is 1. The topological polar surface area (TPSA) is 12.0 Å². The molecule has 1 aromatic rings. The number of likely N-dealkylation sites (N-methyl/N-ethyl adjacent to an activating group) is 1. The standard InChI is InChI=1S/C11H13BrF3N/c1-16-10(7-11(13,14)15)6-8-3-2-4-9(12)5-8/h2-5,10,16H,6-7H2,1H3. The van der Waals surface area contributed by atoms with Crippen molar-refractivity contribution in [3.05, 3.63) is 34.3 Å². The third kappa shape index (κ3) is 4.99. The zero-order valence-electron chi connectivity index (χ0n) is 8.81. The average molecular weight is 296 g/mol. The van der Waals surface area contributed by atoms with E-state index in [1.54, 1.807) is 7.05 Å². The highest BCUT2D eigenvalue weighted by molar-refractivity contribution is 9.10. The van der Waals surface area contributed by atoms with Crippen LogP contribution in [0.5, 0.6) is 0 Å². The summed E-state index contributed by atoms with van der Waals surface area (Å²) in [5.74, 6) is 0. The Bertz CT molecular complexity index is 338. The van der Waals surface area contributed by atoms with E-state index in [-0.39, 0.29) is 0 Å². The highest BCUT2D eigenvalue weighted by atomic mass is 79.9. The first-order chi connectivity index (χ1) is 7.40. The van der Waals surface area contributed by atoms with Crippen molar-refractivity contribution in [2.45, 2.75) is 25.1 Å². The molecule has 0 spiro atoms. The van der Waals surface area contributed by atoms with Crippen LogP contribution in [0.3, 0.4) is 0 Å². The first kappa shape index (κ1) is 13.5. The second kappa shape index (κ2) is 5.68. The fourth-order valence-corrected chi connectivity index (χ4v) is 1.95. The number of rotatable bonds is 4. The van der Waals surface area contributed by atoms with Gasteiger partial charge in [-0.1, -0.05) is 28.1 Å². The van der Waals surface area contributed by atoms with Gasteiger partial charge >= 0.3 is 6.18 Å². The van der Waals surface area contributed by atoms with Gasteiger partial charge in [-0.25, -0.2) is 0 Å². The van der Waals surface area contributed by atoms with Crippen molar-refractivity contribution < 1.29 is 13.2 Å². The number of nitrogens with one attached hydrogen (secondary N) is 1. The maximum Gasteiger partial charge on any atom is 0.390 e. The molecule has 0 aliphatic heterocycles. The molecule has 0 aliphatic rings. The Kier molecular flexibility index (Phi) is 4.80. The van der Waals surface area contributed by atoms with E-state index >= 15 is 0 Å². The molecule has 0 saturated carbocycles. The molecule has 0 saturated heterocycles. The molecule has 0 amide bonds. The molecule has 5 heteroatoms. The average Bonchev–Trinajstić information content (AvgIpc) is 2.14. The predicted octanol–water partition coefficient (Wildman–Crippen LogP) is 3.53. The number of halogens is 4. The Hall–Kier alpha value is -0.550. The van der Waals surface area contributed by atoms with Gasteiger partial charge in [-0.3, -0.25) is 0 Å². The molecule has 1 N–H and O–H groups in total. The molecule has 90 valence electrons. The number of hydrogen-bond acceptors (Lipinski definition) is 1. The van der Waals surface area contributed by atoms with Crippen LogP contribution in [0.4, 0.5) is 13.2 Å². The minimum Gasteiger partial charge on any atom is -0.316 e. The molecule has 16 heavy (non-hydrogen) atoms. The summed E-state index contributed by atoms with van der Waals surface area (Å²) in [6.45, 7) is 0. The molecule has 1 aromatic carbocycles. The third-order valence-corrected chi connectivity index (χ3v) is 2.75. The van der Waals surface area contributed by atoms with Crippen molar-refractivity contribution in [3.63, 3.8) is 0 Å². The largest absolute Gasteiger partial charge is 0.390 e. The molecule has 0 heterocycles. The molecule has 0 fully saturated rings. The van der Waals surface area contributed by atoms with Crippen molar-refractivity contribution in [2.24, 2.45) is 0 Å². The van der Waals surface area contributed by atoms with Gasteiger partial charge in [0, 0.05) is 10.5 Å². The first-order valence-corrected chi connectivity index (χ1v) is 5.68. The SMILES string of the molecule is CNC(Cc1cccc(Br)c1)CC(F)(F)F. The molecule has 0 aromatic heterocycles. The van der Waals surface area contributed by atoms with Crippen LogP contribution in [0.2, 0.25) is 0 Å². The number of hydrogen-bond donors (Lipinski definition) is 1. The van der Waals surface area contributed by atoms with E-state index in [1.807, 2.05) is 24.3 Å². The lowest BCUT2D eigenvalue weighted by molar-refractivity contribution is -0.139. The second-order valence-corrected chi connectivity index (χ2v) is 4.55. The van der Waals surface area contributed by atoms with E-state index in [9.17, 15) is 13.2 Å². The molecule has 1 nitrogen and oxygen atoms in total. The summed E-state index contributed by atoms with van der Waals surface area (Å²) in [4.78, 5) is 0. The molecule has 1 rings (SSSR count). The maximum absolute atomic E-state index is 12.2. The molecule has 1 unspecified atom stereocenters. The maximum atomic E-state index is 12.2. The van der Waals surface area contributed by atoms with Gasteiger partial charge in [0.25, 0.3) is 0 Å². The monoisotopic (exact) mass is 295 g/mol. The highest BCUT2D eigenvalue weighted by Crippen LogP contribution is 2.23. The van der Waals surface area contributed by atoms with Gasteiger partial charge < -0.3 is 5.32 Å². The third-order valence-electron chi connectivity index (χ3n) is 2.26. The lowest BCUT2D eigenvalue weighted by atomic mass is 10.0. The van der Waals surface area contributed by atoms with E-state index in [2.05, 4.69) is 21.2 Å². The zero-order chi connectivity index (χ0) is 12.2. The van der Waals surface area contributed by atoms with Gasteiger partial charge in [0.05, 0.1) is 6.42 Å². The van der Waals surface area contributed by atoms with Gasteiger partial charge in [-0.05, 0) is 31.2 Å². The van der Waals surface area contributed by atoms with Crippen molar-refractivity contribution >= 4 is 15.9 Å². The molecule has 0 bridgehead atoms. The summed E-state index contributed by atoms with van der Waals surface area (Å²) in [6, 6.07) is 6.75. The Morgan fingerprint density at radius 2 is 2.06 bits per heavy atom. The molecular weight excluding hydrogens is 283 g/mol. The van der Waals surface area contributed by atoms with E-state index in [1.165, 1.54) is 0 Å². The quantitative estimate of drug-likeness (QED) is 0.896. The van der Waals surface area contributed by atoms with Gasteiger partial charge in [0.1, 0.15) is 0 Å². The van der Waals surface area contributed by atoms with E-state index < -0.39 is 18.6 Å². The van der Waals surface area contributed by atoms with Crippen molar-refractivity contribution in [1.29, 1.82) is 0 Å². The summed E-state index contributed by atoms with van der Waals surface area (Å²) in [7, 11) is 1.55. The first-order valence-electron chi connectivity index (χ1n) is 4.89. The van der Waals surface area contributed by atoms with Gasteiger partial charge in [0.2, 0.25) is 0 Å². The zero-order valence-corrected chi connectivity index (χ0v) is 10.4. The number of alkyl halides is 3. The fraction of sp³-hybridized carbons (Fsp3) is 0.455. The Balaban J connectivity index is 2.63. The summed E-state index contributed by atoms with van der Waals surface area (Å²) in [6.07, 6.45) is -4.56. The van der Waals surface area contributed by atoms with Gasteiger partial charge in [-0.2, -0.15) is 13.2 Å². The Morgan fingerprint density at radius 1 is 1.38 bits per heavy atom. The summed E-state index contributed by atoms with van der Waals surface area (Å²) >= 11 is 3.29. The van der Waals surface area contributed by atoms with Crippen molar-refractivity contribution in [3.8, 4) is 0 Å². The van der Waals surface area contributed by atoms with E-state index in [4.69, 9.17) is 0 Å². The van der Waals surface area contributed by atoms with Crippen LogP contribution in [0, 0.1) is 0 Å². The van der Waals surface area contributed by atoms with Crippen LogP contribution >= 0.6 is 15.9 Å². The van der Waals surface area contributed by atoms with Crippen molar-refractivity contribution in [2.75, 3.05) is 7.05 Å². The van der Waals surface area contributed by atoms with Crippen LogP contribution < -0.4 is 5.32 Å². The minimum atomic E-state index is -4.13. The Morgan fingerprint density at radius 3 is 2.56 bits per heavy atom. The summed E-state index contributed by atoms with van der Waals surface area (Å²) in [5, 5.41) is 2.69. The van der Waals surface area contributed by atoms with Crippen LogP contribution in [-0.2, 0) is 6.42 Å². The Labute approximate surface area is 101 Å². The lowest BCUT2D eigenvalue weighted by Gasteiger charge is -2.18. The summed E-state index contributed by atoms with van der Waals surface area (Å²) < 4.78 is 37.6. The molecular formula is C11H13BrF3N. The minimum absolute atomic E-state index is 0.370. The van der Waals surface area contributed by atoms with Gasteiger partial charge in [-0.15, -0.1) is 0 Å². The van der Waals surface area contributed by atoms with Crippen molar-refractivity contribution in [1.82, 2.24) is 5.32 Å². The molecule has 1 atom stereocenters. The van der Waals surface area contributed by atoms with E-state index in [0.717, 1.165) is 10.0 Å². The predicted molar refractivity (Wildman–Crippen MR) is 61.4 cm³/mol. The smallest absolute Gasteiger partial charge is 0.316 e. The normalized spacial score (nSPS) is 13.8. The van der Waals surface area contributed by atoms with Crippen LogP contribution in [0.1, 0.15) is 12.0 Å². The van der Waals surface area contributed by atoms with Crippen LogP contribution in [-0.4, -0.2) is 19.3 Å². The van der Waals surface area contributed by atoms with E-state index in [0.29, 0.717) is 6.42 Å². The highest BCUT2D eigenvalue weighted by Gasteiger charge is 2.31. The lowest BCUT2D eigenvalue weighted by Crippen LogP contribution is -2.32. The molecule has 0 radical (unpaired) electrons. The second-order valence-electron chi connectivity index (χ2n) is 3.64. The summed E-state index contributed by atoms with van der Waals surface area (Å²) in [5.41, 5.74) is 0.887.